The van der Waals surface area contributed by atoms with Gasteiger partial charge in [0.2, 0.25) is 5.56 Å². The Balaban J connectivity index is 1.98. The SMILES string of the molecule is O=c1ccc(Oc2nc3cccc(O)c3o2)c[nH]1. The number of aromatic hydroxyl groups is 1. The van der Waals surface area contributed by atoms with E-state index in [-0.39, 0.29) is 23.0 Å². The van der Waals surface area contributed by atoms with Gasteiger partial charge < -0.3 is 19.2 Å². The summed E-state index contributed by atoms with van der Waals surface area (Å²) in [6.07, 6.45) is 1.40. The predicted octanol–water partition coefficient (Wildman–Crippen LogP) is 2.01. The summed E-state index contributed by atoms with van der Waals surface area (Å²) in [5.41, 5.74) is 0.531. The van der Waals surface area contributed by atoms with Gasteiger partial charge in [-0.2, -0.15) is 4.98 Å². The molecule has 0 aliphatic carbocycles. The van der Waals surface area contributed by atoms with Crippen molar-refractivity contribution in [2.24, 2.45) is 0 Å². The van der Waals surface area contributed by atoms with Crippen LogP contribution in [0.5, 0.6) is 17.6 Å². The van der Waals surface area contributed by atoms with Gasteiger partial charge in [0.1, 0.15) is 11.3 Å². The molecule has 0 fully saturated rings. The number of aromatic nitrogens is 2. The van der Waals surface area contributed by atoms with Gasteiger partial charge in [0.15, 0.2) is 11.3 Å². The van der Waals surface area contributed by atoms with Gasteiger partial charge in [0, 0.05) is 12.3 Å². The van der Waals surface area contributed by atoms with E-state index in [0.29, 0.717) is 11.3 Å². The molecule has 3 aromatic rings. The molecule has 6 nitrogen and oxygen atoms in total. The van der Waals surface area contributed by atoms with Crippen LogP contribution in [0, 0.1) is 0 Å². The van der Waals surface area contributed by atoms with Crippen LogP contribution >= 0.6 is 0 Å². The van der Waals surface area contributed by atoms with Crippen LogP contribution in [-0.4, -0.2) is 15.1 Å². The van der Waals surface area contributed by atoms with Crippen molar-refractivity contribution in [1.82, 2.24) is 9.97 Å². The number of oxazole rings is 1. The Kier molecular flexibility index (Phi) is 2.26. The number of phenolic OH excluding ortho intramolecular Hbond substituents is 1. The third-order valence-electron chi connectivity index (χ3n) is 2.34. The number of hydrogen-bond acceptors (Lipinski definition) is 5. The number of nitrogens with one attached hydrogen (secondary N) is 1. The Labute approximate surface area is 100 Å². The molecule has 0 amide bonds. The minimum absolute atomic E-state index is 0.00134. The maximum Gasteiger partial charge on any atom is 0.400 e. The molecule has 0 bridgehead atoms. The molecule has 2 N–H and O–H groups in total. The molecule has 2 heterocycles. The lowest BCUT2D eigenvalue weighted by atomic mass is 10.3. The number of aromatic amines is 1. The summed E-state index contributed by atoms with van der Waals surface area (Å²) < 4.78 is 10.6. The van der Waals surface area contributed by atoms with Crippen LogP contribution in [0.1, 0.15) is 0 Å². The number of rotatable bonds is 2. The number of pyridine rings is 1. The predicted molar refractivity (Wildman–Crippen MR) is 62.8 cm³/mol. The molecule has 3 rings (SSSR count). The van der Waals surface area contributed by atoms with Crippen molar-refractivity contribution in [2.45, 2.75) is 0 Å². The summed E-state index contributed by atoms with van der Waals surface area (Å²) in [6, 6.07) is 7.67. The Morgan fingerprint density at radius 3 is 2.89 bits per heavy atom. The summed E-state index contributed by atoms with van der Waals surface area (Å²) in [5, 5.41) is 9.55. The van der Waals surface area contributed by atoms with E-state index in [1.807, 2.05) is 0 Å². The van der Waals surface area contributed by atoms with E-state index in [0.717, 1.165) is 0 Å². The minimum Gasteiger partial charge on any atom is -0.504 e. The summed E-state index contributed by atoms with van der Waals surface area (Å²) in [6.45, 7) is 0. The lowest BCUT2D eigenvalue weighted by Gasteiger charge is -1.97. The van der Waals surface area contributed by atoms with Crippen molar-refractivity contribution in [3.8, 4) is 17.6 Å². The number of nitrogens with zero attached hydrogens (tertiary/aromatic N) is 1. The molecule has 0 saturated heterocycles. The van der Waals surface area contributed by atoms with Crippen LogP contribution in [0.2, 0.25) is 0 Å². The highest BCUT2D eigenvalue weighted by atomic mass is 16.6. The highest BCUT2D eigenvalue weighted by molar-refractivity contribution is 5.79. The summed E-state index contributed by atoms with van der Waals surface area (Å²) in [5.74, 6) is 0.386. The first-order valence-electron chi connectivity index (χ1n) is 5.17. The molecule has 0 atom stereocenters. The first-order valence-corrected chi connectivity index (χ1v) is 5.17. The number of hydrogen-bond donors (Lipinski definition) is 2. The highest BCUT2D eigenvalue weighted by Crippen LogP contribution is 2.29. The van der Waals surface area contributed by atoms with Gasteiger partial charge in [-0.1, -0.05) is 6.07 Å². The second-order valence-electron chi connectivity index (χ2n) is 3.60. The van der Waals surface area contributed by atoms with Crippen molar-refractivity contribution in [2.75, 3.05) is 0 Å². The monoisotopic (exact) mass is 244 g/mol. The van der Waals surface area contributed by atoms with Crippen molar-refractivity contribution in [3.05, 3.63) is 46.9 Å². The normalized spacial score (nSPS) is 10.7. The summed E-state index contributed by atoms with van der Waals surface area (Å²) in [4.78, 5) is 17.4. The molecule has 1 aromatic carbocycles. The zero-order valence-corrected chi connectivity index (χ0v) is 9.08. The molecule has 18 heavy (non-hydrogen) atoms. The number of phenols is 1. The van der Waals surface area contributed by atoms with E-state index < -0.39 is 0 Å². The number of benzene rings is 1. The van der Waals surface area contributed by atoms with Crippen LogP contribution in [0.25, 0.3) is 11.1 Å². The first kappa shape index (κ1) is 10.4. The Hall–Kier alpha value is -2.76. The zero-order valence-electron chi connectivity index (χ0n) is 9.08. The maximum absolute atomic E-state index is 10.9. The highest BCUT2D eigenvalue weighted by Gasteiger charge is 2.10. The largest absolute Gasteiger partial charge is 0.504 e. The van der Waals surface area contributed by atoms with Gasteiger partial charge >= 0.3 is 6.08 Å². The lowest BCUT2D eigenvalue weighted by Crippen LogP contribution is -2.01. The Morgan fingerprint density at radius 2 is 2.17 bits per heavy atom. The average molecular weight is 244 g/mol. The van der Waals surface area contributed by atoms with Crippen LogP contribution in [0.15, 0.2) is 45.7 Å². The molecule has 0 aliphatic rings. The third-order valence-corrected chi connectivity index (χ3v) is 2.34. The number of ether oxygens (including phenoxy) is 1. The smallest absolute Gasteiger partial charge is 0.400 e. The van der Waals surface area contributed by atoms with E-state index in [2.05, 4.69) is 9.97 Å². The molecular weight excluding hydrogens is 236 g/mol. The van der Waals surface area contributed by atoms with Crippen molar-refractivity contribution < 1.29 is 14.3 Å². The standard InChI is InChI=1S/C12H8N2O4/c15-9-3-1-2-8-11(9)18-12(14-8)17-7-4-5-10(16)13-6-7/h1-6,15H,(H,13,16). The number of para-hydroxylation sites is 1. The van der Waals surface area contributed by atoms with Gasteiger partial charge in [-0.3, -0.25) is 4.79 Å². The average Bonchev–Trinajstić information content (AvgIpc) is 2.76. The van der Waals surface area contributed by atoms with Gasteiger partial charge in [-0.05, 0) is 18.2 Å². The lowest BCUT2D eigenvalue weighted by molar-refractivity contribution is 0.337. The summed E-state index contributed by atoms with van der Waals surface area (Å²) in [7, 11) is 0. The molecule has 0 spiro atoms. The fourth-order valence-corrected chi connectivity index (χ4v) is 1.52. The summed E-state index contributed by atoms with van der Waals surface area (Å²) >= 11 is 0. The molecule has 0 saturated carbocycles. The molecule has 90 valence electrons. The fraction of sp³-hybridized carbons (Fsp3) is 0. The minimum atomic E-state index is -0.224. The molecule has 0 unspecified atom stereocenters. The van der Waals surface area contributed by atoms with Gasteiger partial charge in [-0.15, -0.1) is 0 Å². The van der Waals surface area contributed by atoms with Crippen LogP contribution in [-0.2, 0) is 0 Å². The third kappa shape index (κ3) is 1.80. The first-order chi connectivity index (χ1) is 8.72. The van der Waals surface area contributed by atoms with Crippen LogP contribution in [0.4, 0.5) is 0 Å². The number of H-pyrrole nitrogens is 1. The van der Waals surface area contributed by atoms with E-state index in [1.54, 1.807) is 12.1 Å². The van der Waals surface area contributed by atoms with Crippen LogP contribution in [0.3, 0.4) is 0 Å². The second kappa shape index (κ2) is 3.92. The Morgan fingerprint density at radius 1 is 1.28 bits per heavy atom. The topological polar surface area (TPSA) is 88.3 Å². The van der Waals surface area contributed by atoms with E-state index >= 15 is 0 Å². The molecule has 2 aromatic heterocycles. The molecular formula is C12H8N2O4. The van der Waals surface area contributed by atoms with Crippen LogP contribution < -0.4 is 10.3 Å². The van der Waals surface area contributed by atoms with Gasteiger partial charge in [0.05, 0.1) is 0 Å². The van der Waals surface area contributed by atoms with E-state index in [9.17, 15) is 9.90 Å². The molecule has 0 aliphatic heterocycles. The van der Waals surface area contributed by atoms with Gasteiger partial charge in [-0.25, -0.2) is 0 Å². The van der Waals surface area contributed by atoms with Gasteiger partial charge in [0.25, 0.3) is 0 Å². The van der Waals surface area contributed by atoms with Crippen molar-refractivity contribution in [3.63, 3.8) is 0 Å². The maximum atomic E-state index is 10.9. The second-order valence-corrected chi connectivity index (χ2v) is 3.60. The quantitative estimate of drug-likeness (QED) is 0.719. The number of fused-ring (bicyclic) bond motifs is 1. The Bertz CT molecular complexity index is 740. The molecule has 0 radical (unpaired) electrons. The van der Waals surface area contributed by atoms with Crippen molar-refractivity contribution in [1.29, 1.82) is 0 Å². The fourth-order valence-electron chi connectivity index (χ4n) is 1.52. The van der Waals surface area contributed by atoms with E-state index in [1.165, 1.54) is 24.4 Å². The van der Waals surface area contributed by atoms with E-state index in [4.69, 9.17) is 9.15 Å². The molecule has 6 heteroatoms. The zero-order chi connectivity index (χ0) is 12.5. The van der Waals surface area contributed by atoms with Crippen molar-refractivity contribution >= 4 is 11.1 Å².